The van der Waals surface area contributed by atoms with E-state index in [1.54, 1.807) is 17.5 Å². The molecule has 10 nitrogen and oxygen atoms in total. The van der Waals surface area contributed by atoms with Gasteiger partial charge in [-0.05, 0) is 63.1 Å². The maximum atomic E-state index is 11.6. The zero-order valence-electron chi connectivity index (χ0n) is 25.3. The molecule has 0 amide bonds. The minimum Gasteiger partial charge on any atom is -0.506 e. The second kappa shape index (κ2) is 14.9. The zero-order chi connectivity index (χ0) is 31.1. The Kier molecular flexibility index (Phi) is 11.0. The molecule has 0 aliphatic carbocycles. The van der Waals surface area contributed by atoms with Crippen LogP contribution in [0.4, 0.5) is 0 Å². The number of aromatic amines is 1. The molecule has 236 valence electrons. The van der Waals surface area contributed by atoms with Crippen LogP contribution in [0, 0.1) is 6.92 Å². The average molecular weight is 640 g/mol. The van der Waals surface area contributed by atoms with E-state index in [1.807, 2.05) is 18.3 Å². The van der Waals surface area contributed by atoms with Gasteiger partial charge < -0.3 is 30.2 Å². The number of hydrogen-bond donors (Lipinski definition) is 4. The summed E-state index contributed by atoms with van der Waals surface area (Å²) in [4.78, 5) is 35.8. The highest BCUT2D eigenvalue weighted by molar-refractivity contribution is 7.12. The van der Waals surface area contributed by atoms with Gasteiger partial charge in [-0.2, -0.15) is 0 Å². The number of aliphatic hydroxyl groups is 1. The third kappa shape index (κ3) is 8.39. The lowest BCUT2D eigenvalue weighted by atomic mass is 9.89. The van der Waals surface area contributed by atoms with Crippen molar-refractivity contribution < 1.29 is 19.7 Å². The number of fused-ring (bicyclic) bond motifs is 1. The molecule has 5 heterocycles. The highest BCUT2D eigenvalue weighted by Gasteiger charge is 2.38. The van der Waals surface area contributed by atoms with Gasteiger partial charge in [0.25, 0.3) is 0 Å². The van der Waals surface area contributed by atoms with E-state index in [0.717, 1.165) is 76.4 Å². The molecular formula is C32H41N5O5S2. The SMILES string of the molecule is CN1CCOC2(CCN(Cc3ccc(CCNCC(O)c4ccc(O)c5[nH]c(=O)ccc45)s3)CC2)C1.Cc1nc(C=O)cs1. The summed E-state index contributed by atoms with van der Waals surface area (Å²) in [5.41, 5.74) is 1.34. The van der Waals surface area contributed by atoms with Crippen LogP contribution in [0.15, 0.2) is 46.6 Å². The Hall–Kier alpha value is -2.97. The fourth-order valence-electron chi connectivity index (χ4n) is 5.86. The highest BCUT2D eigenvalue weighted by atomic mass is 32.1. The third-order valence-corrected chi connectivity index (χ3v) is 10.1. The molecule has 4 N–H and O–H groups in total. The van der Waals surface area contributed by atoms with Crippen LogP contribution in [-0.2, 0) is 17.7 Å². The number of benzene rings is 1. The number of morpholine rings is 1. The molecule has 44 heavy (non-hydrogen) atoms. The minimum atomic E-state index is -0.742. The van der Waals surface area contributed by atoms with Gasteiger partial charge in [0.1, 0.15) is 11.4 Å². The fourth-order valence-corrected chi connectivity index (χ4v) is 7.48. The smallest absolute Gasteiger partial charge is 0.248 e. The predicted octanol–water partition coefficient (Wildman–Crippen LogP) is 3.72. The van der Waals surface area contributed by atoms with Gasteiger partial charge in [-0.3, -0.25) is 14.5 Å². The molecular weight excluding hydrogens is 599 g/mol. The summed E-state index contributed by atoms with van der Waals surface area (Å²) in [6.07, 6.45) is 3.13. The van der Waals surface area contributed by atoms with Crippen LogP contribution in [0.25, 0.3) is 10.9 Å². The standard InChI is InChI=1S/C27H36N4O4S.C5H5NOS/c1-30-14-15-35-27(18-30)9-12-31(13-10-27)17-20-3-2-19(36-20)8-11-28-16-24(33)21-4-6-23(32)26-22(21)5-7-25(34)29-26;1-4-6-5(2-7)3-8-4/h2-7,24,28,32-33H,8-18H2,1H3,(H,29,34);2-3H,1H3. The Morgan fingerprint density at radius 3 is 2.66 bits per heavy atom. The van der Waals surface area contributed by atoms with Crippen LogP contribution in [0.2, 0.25) is 0 Å². The van der Waals surface area contributed by atoms with E-state index in [-0.39, 0.29) is 16.9 Å². The number of piperidine rings is 1. The summed E-state index contributed by atoms with van der Waals surface area (Å²) in [5.74, 6) is -0.000841. The number of aliphatic hydroxyl groups excluding tert-OH is 1. The molecule has 0 bridgehead atoms. The molecule has 0 saturated carbocycles. The number of thiophene rings is 1. The summed E-state index contributed by atoms with van der Waals surface area (Å²) < 4.78 is 6.19. The second-order valence-electron chi connectivity index (χ2n) is 11.6. The zero-order valence-corrected chi connectivity index (χ0v) is 26.9. The van der Waals surface area contributed by atoms with E-state index >= 15 is 0 Å². The highest BCUT2D eigenvalue weighted by Crippen LogP contribution is 2.31. The van der Waals surface area contributed by atoms with Crippen LogP contribution in [0.3, 0.4) is 0 Å². The number of aromatic nitrogens is 2. The number of aromatic hydroxyl groups is 1. The average Bonchev–Trinajstić information content (AvgIpc) is 3.65. The molecule has 1 aromatic carbocycles. The maximum Gasteiger partial charge on any atom is 0.248 e. The maximum absolute atomic E-state index is 11.6. The second-order valence-corrected chi connectivity index (χ2v) is 13.9. The van der Waals surface area contributed by atoms with Gasteiger partial charge in [0, 0.05) is 72.4 Å². The monoisotopic (exact) mass is 639 g/mol. The molecule has 4 aromatic rings. The summed E-state index contributed by atoms with van der Waals surface area (Å²) in [7, 11) is 2.19. The topological polar surface area (TPSA) is 131 Å². The Bertz CT molecular complexity index is 1590. The molecule has 3 aromatic heterocycles. The first-order valence-corrected chi connectivity index (χ1v) is 16.7. The molecule has 1 unspecified atom stereocenters. The summed E-state index contributed by atoms with van der Waals surface area (Å²) in [6.45, 7) is 9.13. The quantitative estimate of drug-likeness (QED) is 0.160. The van der Waals surface area contributed by atoms with Gasteiger partial charge in [0.15, 0.2) is 6.29 Å². The molecule has 1 spiro atoms. The summed E-state index contributed by atoms with van der Waals surface area (Å²) >= 11 is 3.36. The molecule has 12 heteroatoms. The number of thiazole rings is 1. The van der Waals surface area contributed by atoms with E-state index in [2.05, 4.69) is 44.3 Å². The lowest BCUT2D eigenvalue weighted by Gasteiger charge is -2.46. The molecule has 2 fully saturated rings. The lowest BCUT2D eigenvalue weighted by molar-refractivity contribution is -0.131. The van der Waals surface area contributed by atoms with Crippen molar-refractivity contribution in [2.45, 2.75) is 44.4 Å². The van der Waals surface area contributed by atoms with Gasteiger partial charge in [-0.1, -0.05) is 6.07 Å². The van der Waals surface area contributed by atoms with Crippen molar-refractivity contribution in [2.24, 2.45) is 0 Å². The Morgan fingerprint density at radius 1 is 1.16 bits per heavy atom. The number of phenolic OH excluding ortho intramolecular Hbond substituents is 1. The van der Waals surface area contributed by atoms with E-state index in [4.69, 9.17) is 4.74 Å². The number of phenols is 1. The van der Waals surface area contributed by atoms with E-state index in [9.17, 15) is 19.8 Å². The first-order chi connectivity index (χ1) is 21.2. The normalized spacial score (nSPS) is 17.8. The largest absolute Gasteiger partial charge is 0.506 e. The van der Waals surface area contributed by atoms with Gasteiger partial charge in [0.05, 0.1) is 28.8 Å². The molecule has 2 aliphatic rings. The van der Waals surface area contributed by atoms with Crippen molar-refractivity contribution in [2.75, 3.05) is 52.9 Å². The molecule has 0 radical (unpaired) electrons. The van der Waals surface area contributed by atoms with Gasteiger partial charge in [-0.15, -0.1) is 22.7 Å². The van der Waals surface area contributed by atoms with E-state index in [1.165, 1.54) is 33.2 Å². The van der Waals surface area contributed by atoms with Gasteiger partial charge in [-0.25, -0.2) is 4.98 Å². The Morgan fingerprint density at radius 2 is 1.95 bits per heavy atom. The van der Waals surface area contributed by atoms with Crippen molar-refractivity contribution in [1.82, 2.24) is 25.1 Å². The number of likely N-dealkylation sites (tertiary alicyclic amines) is 1. The third-order valence-electron chi connectivity index (χ3n) is 8.21. The first kappa shape index (κ1) is 32.4. The number of carbonyl (C=O) groups is 1. The van der Waals surface area contributed by atoms with E-state index in [0.29, 0.717) is 28.7 Å². The molecule has 6 rings (SSSR count). The number of nitrogens with one attached hydrogen (secondary N) is 2. The lowest BCUT2D eigenvalue weighted by Crippen LogP contribution is -2.55. The number of ether oxygens (including phenoxy) is 1. The Balaban J connectivity index is 0.000000418. The van der Waals surface area contributed by atoms with Crippen LogP contribution in [-0.4, -0.2) is 94.8 Å². The number of likely N-dealkylation sites (N-methyl/N-ethyl adjacent to an activating group) is 1. The molecule has 1 atom stereocenters. The minimum absolute atomic E-state index is 0.000841. The molecule has 2 aliphatic heterocycles. The van der Waals surface area contributed by atoms with Gasteiger partial charge >= 0.3 is 0 Å². The number of nitrogens with zero attached hydrogens (tertiary/aromatic N) is 3. The molecule has 2 saturated heterocycles. The number of rotatable bonds is 9. The van der Waals surface area contributed by atoms with Crippen molar-refractivity contribution in [3.8, 4) is 5.75 Å². The van der Waals surface area contributed by atoms with Crippen molar-refractivity contribution in [3.63, 3.8) is 0 Å². The first-order valence-electron chi connectivity index (χ1n) is 15.0. The van der Waals surface area contributed by atoms with Crippen LogP contribution < -0.4 is 10.9 Å². The van der Waals surface area contributed by atoms with Gasteiger partial charge in [0.2, 0.25) is 5.56 Å². The summed E-state index contributed by atoms with van der Waals surface area (Å²) in [5, 5.41) is 27.4. The number of pyridine rings is 1. The van der Waals surface area contributed by atoms with Crippen LogP contribution >= 0.6 is 22.7 Å². The number of hydrogen-bond acceptors (Lipinski definition) is 11. The predicted molar refractivity (Wildman–Crippen MR) is 175 cm³/mol. The Labute approximate surface area is 265 Å². The number of carbonyl (C=O) groups excluding carboxylic acids is 1. The van der Waals surface area contributed by atoms with Crippen molar-refractivity contribution in [1.29, 1.82) is 0 Å². The number of aldehydes is 1. The summed E-state index contributed by atoms with van der Waals surface area (Å²) in [6, 6.07) is 10.7. The van der Waals surface area contributed by atoms with Crippen LogP contribution in [0.1, 0.15) is 49.8 Å². The van der Waals surface area contributed by atoms with Crippen molar-refractivity contribution in [3.05, 3.63) is 78.2 Å². The van der Waals surface area contributed by atoms with Crippen molar-refractivity contribution >= 4 is 39.9 Å². The number of H-pyrrole nitrogens is 1. The van der Waals surface area contributed by atoms with E-state index < -0.39 is 6.10 Å². The fraction of sp³-hybridized carbons (Fsp3) is 0.469. The number of aryl methyl sites for hydroxylation is 1. The van der Waals surface area contributed by atoms with Crippen LogP contribution in [0.5, 0.6) is 5.75 Å².